The largest absolute Gasteiger partial charge is 0.366 e. The molecule has 5 nitrogen and oxygen atoms in total. The molecule has 2 N–H and O–H groups in total. The van der Waals surface area contributed by atoms with Gasteiger partial charge in [0.2, 0.25) is 5.91 Å². The predicted molar refractivity (Wildman–Crippen MR) is 75.8 cm³/mol. The molecule has 2 fully saturated rings. The van der Waals surface area contributed by atoms with Crippen molar-refractivity contribution in [2.24, 2.45) is 5.73 Å². The summed E-state index contributed by atoms with van der Waals surface area (Å²) in [6.45, 7) is 2.88. The number of primary amides is 1. The Morgan fingerprint density at radius 3 is 2.90 bits per heavy atom. The quantitative estimate of drug-likeness (QED) is 0.721. The number of hydrogen-bond donors (Lipinski definition) is 1. The van der Waals surface area contributed by atoms with E-state index >= 15 is 0 Å². The first-order valence-corrected chi connectivity index (χ1v) is 7.34. The fourth-order valence-corrected chi connectivity index (χ4v) is 3.62. The number of allylic oxidation sites excluding steroid dienone is 1. The maximum atomic E-state index is 11.5. The summed E-state index contributed by atoms with van der Waals surface area (Å²) in [5, 5.41) is 4.60. The molecule has 2 unspecified atom stereocenters. The molecule has 4 rings (SSSR count). The molecule has 2 atom stereocenters. The fourth-order valence-electron chi connectivity index (χ4n) is 3.62. The summed E-state index contributed by atoms with van der Waals surface area (Å²) < 4.78 is 0. The van der Waals surface area contributed by atoms with E-state index in [1.54, 1.807) is 0 Å². The predicted octanol–water partition coefficient (Wildman–Crippen LogP) is 0.928. The molecular formula is C15H20N4O. The Balaban J connectivity index is 1.73. The van der Waals surface area contributed by atoms with Crippen LogP contribution in [0.1, 0.15) is 25.7 Å². The Bertz CT molecular complexity index is 544. The van der Waals surface area contributed by atoms with E-state index in [0.717, 1.165) is 19.8 Å². The first kappa shape index (κ1) is 12.2. The van der Waals surface area contributed by atoms with Gasteiger partial charge >= 0.3 is 0 Å². The maximum absolute atomic E-state index is 11.5. The van der Waals surface area contributed by atoms with Crippen LogP contribution in [0.4, 0.5) is 0 Å². The van der Waals surface area contributed by atoms with Crippen LogP contribution in [0.25, 0.3) is 0 Å². The zero-order valence-corrected chi connectivity index (χ0v) is 11.6. The topological polar surface area (TPSA) is 52.8 Å². The van der Waals surface area contributed by atoms with Crippen LogP contribution in [0.3, 0.4) is 0 Å². The van der Waals surface area contributed by atoms with E-state index in [0.29, 0.717) is 12.0 Å². The van der Waals surface area contributed by atoms with E-state index in [2.05, 4.69) is 33.1 Å². The van der Waals surface area contributed by atoms with E-state index in [4.69, 9.17) is 5.73 Å². The third-order valence-electron chi connectivity index (χ3n) is 4.95. The second-order valence-electron chi connectivity index (χ2n) is 6.17. The second-order valence-corrected chi connectivity index (χ2v) is 6.17. The minimum atomic E-state index is -0.309. The number of hydrazine groups is 1. The van der Waals surface area contributed by atoms with Gasteiger partial charge in [0.05, 0.1) is 12.2 Å². The SMILES string of the molecule is NC(=O)C1=CN2C(=CC1)CN1CC=CC3(CCC3)N2C1. The van der Waals surface area contributed by atoms with Crippen LogP contribution >= 0.6 is 0 Å². The summed E-state index contributed by atoms with van der Waals surface area (Å²) in [7, 11) is 0. The number of hydrogen-bond acceptors (Lipinski definition) is 4. The Kier molecular flexibility index (Phi) is 2.56. The lowest BCUT2D eigenvalue weighted by atomic mass is 9.76. The third-order valence-corrected chi connectivity index (χ3v) is 4.95. The molecule has 0 aromatic heterocycles. The van der Waals surface area contributed by atoms with Crippen LogP contribution < -0.4 is 5.73 Å². The van der Waals surface area contributed by atoms with E-state index < -0.39 is 0 Å². The van der Waals surface area contributed by atoms with Crippen LogP contribution in [0.2, 0.25) is 0 Å². The summed E-state index contributed by atoms with van der Waals surface area (Å²) in [6.07, 6.45) is 13.1. The summed E-state index contributed by atoms with van der Waals surface area (Å²) in [6, 6.07) is 0. The van der Waals surface area contributed by atoms with Gasteiger partial charge in [0.1, 0.15) is 0 Å². The van der Waals surface area contributed by atoms with Gasteiger partial charge in [0.25, 0.3) is 0 Å². The molecule has 3 heterocycles. The monoisotopic (exact) mass is 272 g/mol. The summed E-state index contributed by atoms with van der Waals surface area (Å²) >= 11 is 0. The van der Waals surface area contributed by atoms with Crippen LogP contribution in [-0.4, -0.2) is 46.1 Å². The van der Waals surface area contributed by atoms with Crippen molar-refractivity contribution >= 4 is 5.91 Å². The molecule has 106 valence electrons. The minimum absolute atomic E-state index is 0.144. The number of carbonyl (C=O) groups is 1. The van der Waals surface area contributed by atoms with Gasteiger partial charge in [0.15, 0.2) is 0 Å². The zero-order chi connectivity index (χ0) is 13.7. The highest BCUT2D eigenvalue weighted by Crippen LogP contribution is 2.44. The van der Waals surface area contributed by atoms with E-state index in [1.807, 2.05) is 6.20 Å². The molecule has 2 bridgehead atoms. The lowest BCUT2D eigenvalue weighted by molar-refractivity contribution is -0.125. The van der Waals surface area contributed by atoms with Gasteiger partial charge in [0, 0.05) is 30.6 Å². The third kappa shape index (κ3) is 1.66. The molecule has 1 spiro atoms. The van der Waals surface area contributed by atoms with Crippen LogP contribution in [0.5, 0.6) is 0 Å². The van der Waals surface area contributed by atoms with Gasteiger partial charge in [-0.1, -0.05) is 18.2 Å². The molecule has 1 aliphatic carbocycles. The number of nitrogens with two attached hydrogens (primary N) is 1. The van der Waals surface area contributed by atoms with Crippen molar-refractivity contribution in [1.82, 2.24) is 14.9 Å². The number of carbonyl (C=O) groups excluding carboxylic acids is 1. The molecule has 1 saturated carbocycles. The van der Waals surface area contributed by atoms with Gasteiger partial charge < -0.3 is 5.73 Å². The first-order valence-electron chi connectivity index (χ1n) is 7.34. The molecule has 3 aliphatic heterocycles. The van der Waals surface area contributed by atoms with Gasteiger partial charge in [-0.25, -0.2) is 0 Å². The minimum Gasteiger partial charge on any atom is -0.366 e. The van der Waals surface area contributed by atoms with Crippen LogP contribution in [-0.2, 0) is 4.79 Å². The van der Waals surface area contributed by atoms with E-state index in [-0.39, 0.29) is 11.4 Å². The Hall–Kier alpha value is -1.59. The van der Waals surface area contributed by atoms with E-state index in [1.165, 1.54) is 25.0 Å². The van der Waals surface area contributed by atoms with Crippen molar-refractivity contribution in [3.63, 3.8) is 0 Å². The lowest BCUT2D eigenvalue weighted by Crippen LogP contribution is -2.63. The van der Waals surface area contributed by atoms with Crippen molar-refractivity contribution in [2.45, 2.75) is 31.2 Å². The normalized spacial score (nSPS) is 33.7. The van der Waals surface area contributed by atoms with Crippen LogP contribution in [0.15, 0.2) is 35.7 Å². The summed E-state index contributed by atoms with van der Waals surface area (Å²) in [4.78, 5) is 13.9. The number of rotatable bonds is 1. The summed E-state index contributed by atoms with van der Waals surface area (Å²) in [5.41, 5.74) is 7.57. The highest BCUT2D eigenvalue weighted by molar-refractivity contribution is 5.92. The van der Waals surface area contributed by atoms with E-state index in [9.17, 15) is 4.79 Å². The zero-order valence-electron chi connectivity index (χ0n) is 11.6. The van der Waals surface area contributed by atoms with Crippen molar-refractivity contribution in [3.05, 3.63) is 35.7 Å². The standard InChI is InChI=1S/C15H20N4O/c16-14(20)12-3-4-13-10-17-8-2-7-15(5-1-6-15)19(11-17)18(13)9-12/h2,4,7,9H,1,3,5-6,8,10-11H2,(H2,16,20). The number of fused-ring (bicyclic) bond motifs is 5. The fraction of sp³-hybridized carbons (Fsp3) is 0.533. The molecule has 0 aromatic rings. The highest BCUT2D eigenvalue weighted by atomic mass is 16.1. The average Bonchev–Trinajstić information content (AvgIpc) is 2.55. The summed E-state index contributed by atoms with van der Waals surface area (Å²) in [5.74, 6) is -0.309. The Labute approximate surface area is 119 Å². The van der Waals surface area contributed by atoms with Crippen molar-refractivity contribution in [3.8, 4) is 0 Å². The molecule has 5 heteroatoms. The molecule has 4 aliphatic rings. The van der Waals surface area contributed by atoms with Crippen molar-refractivity contribution in [2.75, 3.05) is 19.8 Å². The van der Waals surface area contributed by atoms with Crippen molar-refractivity contribution < 1.29 is 4.79 Å². The molecule has 1 saturated heterocycles. The molecule has 1 amide bonds. The van der Waals surface area contributed by atoms with Gasteiger partial charge in [-0.3, -0.25) is 14.7 Å². The van der Waals surface area contributed by atoms with Gasteiger partial charge in [-0.15, -0.1) is 0 Å². The molecule has 20 heavy (non-hydrogen) atoms. The second kappa shape index (κ2) is 4.20. The van der Waals surface area contributed by atoms with Crippen LogP contribution in [0, 0.1) is 0 Å². The molecule has 0 radical (unpaired) electrons. The lowest BCUT2D eigenvalue weighted by Gasteiger charge is -2.56. The number of nitrogens with zero attached hydrogens (tertiary/aromatic N) is 3. The molecule has 0 aromatic carbocycles. The van der Waals surface area contributed by atoms with Crippen molar-refractivity contribution in [1.29, 1.82) is 0 Å². The Morgan fingerprint density at radius 1 is 1.35 bits per heavy atom. The number of amides is 1. The average molecular weight is 272 g/mol. The first-order chi connectivity index (χ1) is 9.68. The van der Waals surface area contributed by atoms with Gasteiger partial charge in [-0.05, 0) is 25.7 Å². The molecular weight excluding hydrogens is 252 g/mol. The highest BCUT2D eigenvalue weighted by Gasteiger charge is 2.47. The Morgan fingerprint density at radius 2 is 2.20 bits per heavy atom. The smallest absolute Gasteiger partial charge is 0.246 e. The van der Waals surface area contributed by atoms with Gasteiger partial charge in [-0.2, -0.15) is 5.01 Å². The maximum Gasteiger partial charge on any atom is 0.246 e.